The van der Waals surface area contributed by atoms with Gasteiger partial charge in [0.1, 0.15) is 5.82 Å². The molecule has 0 spiro atoms. The molecule has 26 heavy (non-hydrogen) atoms. The number of Topliss-reactive ketones (excluding diaryl/α,β-unsaturated/α-hetero) is 1. The van der Waals surface area contributed by atoms with Gasteiger partial charge in [0.05, 0.1) is 16.8 Å². The molecule has 136 valence electrons. The molecule has 0 saturated carbocycles. The van der Waals surface area contributed by atoms with E-state index in [0.29, 0.717) is 11.3 Å². The predicted molar refractivity (Wildman–Crippen MR) is 103 cm³/mol. The number of nitrogens with one attached hydrogen (secondary N) is 1. The van der Waals surface area contributed by atoms with Crippen LogP contribution in [-0.4, -0.2) is 35.4 Å². The number of thiazole rings is 1. The fourth-order valence-corrected chi connectivity index (χ4v) is 3.94. The summed E-state index contributed by atoms with van der Waals surface area (Å²) < 4.78 is 16.0. The minimum absolute atomic E-state index is 0.127. The van der Waals surface area contributed by atoms with E-state index in [-0.39, 0.29) is 11.6 Å². The second-order valence-corrected chi connectivity index (χ2v) is 7.44. The SMILES string of the molecule is CN(CCCCn1c(=N)sc2cc(F)ccc21)CC(=O)c1ccccc1. The fraction of sp³-hybridized carbons (Fsp3) is 0.300. The summed E-state index contributed by atoms with van der Waals surface area (Å²) in [7, 11) is 1.95. The average molecular weight is 371 g/mol. The first-order valence-corrected chi connectivity index (χ1v) is 9.46. The van der Waals surface area contributed by atoms with Crippen molar-refractivity contribution in [2.75, 3.05) is 20.1 Å². The van der Waals surface area contributed by atoms with Crippen LogP contribution in [0.25, 0.3) is 10.2 Å². The van der Waals surface area contributed by atoms with E-state index in [1.165, 1.54) is 23.5 Å². The number of likely N-dealkylation sites (N-methyl/N-ethyl adjacent to an activating group) is 1. The standard InChI is InChI=1S/C20H22FN3OS/c1-23(14-18(25)15-7-3-2-4-8-15)11-5-6-12-24-17-10-9-16(21)13-19(17)26-20(24)22/h2-4,7-10,13,22H,5-6,11-12,14H2,1H3. The Hall–Kier alpha value is -2.31. The van der Waals surface area contributed by atoms with Crippen molar-refractivity contribution in [3.8, 4) is 0 Å². The van der Waals surface area contributed by atoms with Gasteiger partial charge in [0.25, 0.3) is 0 Å². The third-order valence-corrected chi connectivity index (χ3v) is 5.31. The molecule has 6 heteroatoms. The molecule has 3 rings (SSSR count). The molecule has 0 aliphatic heterocycles. The number of nitrogens with zero attached hydrogens (tertiary/aromatic N) is 2. The summed E-state index contributed by atoms with van der Waals surface area (Å²) in [5.41, 5.74) is 1.65. The van der Waals surface area contributed by atoms with E-state index in [1.54, 1.807) is 6.07 Å². The van der Waals surface area contributed by atoms with Crippen molar-refractivity contribution >= 4 is 27.3 Å². The lowest BCUT2D eigenvalue weighted by Crippen LogP contribution is -2.27. The quantitative estimate of drug-likeness (QED) is 0.482. The van der Waals surface area contributed by atoms with Crippen LogP contribution >= 0.6 is 11.3 Å². The number of hydrogen-bond donors (Lipinski definition) is 1. The Morgan fingerprint density at radius 2 is 1.96 bits per heavy atom. The van der Waals surface area contributed by atoms with Crippen molar-refractivity contribution < 1.29 is 9.18 Å². The second-order valence-electron chi connectivity index (χ2n) is 6.40. The molecule has 0 fully saturated rings. The van der Waals surface area contributed by atoms with Crippen molar-refractivity contribution in [1.82, 2.24) is 9.47 Å². The Kier molecular flexibility index (Phi) is 5.96. The zero-order valence-corrected chi connectivity index (χ0v) is 15.6. The van der Waals surface area contributed by atoms with Crippen LogP contribution in [0.3, 0.4) is 0 Å². The van der Waals surface area contributed by atoms with E-state index >= 15 is 0 Å². The maximum Gasteiger partial charge on any atom is 0.182 e. The monoisotopic (exact) mass is 371 g/mol. The van der Waals surface area contributed by atoms with Gasteiger partial charge in [-0.05, 0) is 44.6 Å². The third kappa shape index (κ3) is 4.45. The minimum Gasteiger partial charge on any atom is -0.317 e. The van der Waals surface area contributed by atoms with E-state index in [9.17, 15) is 9.18 Å². The topological polar surface area (TPSA) is 49.1 Å². The third-order valence-electron chi connectivity index (χ3n) is 4.35. The molecular weight excluding hydrogens is 349 g/mol. The van der Waals surface area contributed by atoms with Gasteiger partial charge in [0.15, 0.2) is 10.6 Å². The maximum absolute atomic E-state index is 13.3. The zero-order valence-electron chi connectivity index (χ0n) is 14.7. The summed E-state index contributed by atoms with van der Waals surface area (Å²) in [6.07, 6.45) is 1.84. The van der Waals surface area contributed by atoms with Crippen LogP contribution in [0.15, 0.2) is 48.5 Å². The van der Waals surface area contributed by atoms with Crippen LogP contribution in [0.1, 0.15) is 23.2 Å². The van der Waals surface area contributed by atoms with Crippen LogP contribution in [0.5, 0.6) is 0 Å². The van der Waals surface area contributed by atoms with E-state index in [2.05, 4.69) is 0 Å². The van der Waals surface area contributed by atoms with Crippen molar-refractivity contribution in [3.63, 3.8) is 0 Å². The van der Waals surface area contributed by atoms with Crippen LogP contribution < -0.4 is 4.80 Å². The Balaban J connectivity index is 1.49. The average Bonchev–Trinajstić information content (AvgIpc) is 2.93. The van der Waals surface area contributed by atoms with Gasteiger partial charge < -0.3 is 4.57 Å². The number of carbonyl (C=O) groups is 1. The number of aromatic nitrogens is 1. The van der Waals surface area contributed by atoms with Crippen molar-refractivity contribution in [1.29, 1.82) is 5.41 Å². The summed E-state index contributed by atoms with van der Waals surface area (Å²) in [4.78, 5) is 14.7. The lowest BCUT2D eigenvalue weighted by molar-refractivity contribution is 0.0945. The number of rotatable bonds is 8. The Labute approximate surface area is 156 Å². The number of halogens is 1. The first-order chi connectivity index (χ1) is 12.5. The van der Waals surface area contributed by atoms with Gasteiger partial charge in [-0.2, -0.15) is 0 Å². The number of benzene rings is 2. The Bertz CT molecular complexity index is 949. The molecule has 0 aliphatic carbocycles. The minimum atomic E-state index is -0.268. The summed E-state index contributed by atoms with van der Waals surface area (Å²) in [5, 5.41) is 8.08. The molecule has 1 heterocycles. The van der Waals surface area contributed by atoms with Gasteiger partial charge in [-0.1, -0.05) is 41.7 Å². The van der Waals surface area contributed by atoms with Gasteiger partial charge >= 0.3 is 0 Å². The molecule has 2 aromatic carbocycles. The molecule has 0 radical (unpaired) electrons. The number of unbranched alkanes of at least 4 members (excludes halogenated alkanes) is 1. The highest BCUT2D eigenvalue weighted by Gasteiger charge is 2.09. The molecule has 0 unspecified atom stereocenters. The molecule has 0 bridgehead atoms. The normalized spacial score (nSPS) is 11.3. The molecule has 3 aromatic rings. The molecule has 0 aliphatic rings. The number of ketones is 1. The van der Waals surface area contributed by atoms with E-state index in [4.69, 9.17) is 5.41 Å². The van der Waals surface area contributed by atoms with Crippen molar-refractivity contribution in [3.05, 3.63) is 64.7 Å². The molecule has 0 saturated heterocycles. The largest absolute Gasteiger partial charge is 0.317 e. The molecular formula is C20H22FN3OS. The molecule has 1 aromatic heterocycles. The number of fused-ring (bicyclic) bond motifs is 1. The van der Waals surface area contributed by atoms with Gasteiger partial charge in [0.2, 0.25) is 0 Å². The summed E-state index contributed by atoms with van der Waals surface area (Å²) >= 11 is 1.30. The molecule has 1 N–H and O–H groups in total. The first kappa shape index (κ1) is 18.5. The highest BCUT2D eigenvalue weighted by Crippen LogP contribution is 2.18. The summed E-state index contributed by atoms with van der Waals surface area (Å²) in [5.74, 6) is -0.141. The lowest BCUT2D eigenvalue weighted by Gasteiger charge is -2.15. The van der Waals surface area contributed by atoms with Crippen LogP contribution in [-0.2, 0) is 6.54 Å². The second kappa shape index (κ2) is 8.38. The van der Waals surface area contributed by atoms with Crippen LogP contribution in [0.4, 0.5) is 4.39 Å². The van der Waals surface area contributed by atoms with Crippen LogP contribution in [0, 0.1) is 11.2 Å². The van der Waals surface area contributed by atoms with Crippen molar-refractivity contribution in [2.24, 2.45) is 0 Å². The molecule has 0 atom stereocenters. The zero-order chi connectivity index (χ0) is 18.5. The number of aryl methyl sites for hydroxylation is 1. The van der Waals surface area contributed by atoms with E-state index < -0.39 is 0 Å². The van der Waals surface area contributed by atoms with Gasteiger partial charge in [-0.3, -0.25) is 15.1 Å². The molecule has 0 amide bonds. The van der Waals surface area contributed by atoms with E-state index in [0.717, 1.165) is 41.7 Å². The van der Waals surface area contributed by atoms with Gasteiger partial charge in [0, 0.05) is 12.1 Å². The van der Waals surface area contributed by atoms with Gasteiger partial charge in [-0.15, -0.1) is 0 Å². The summed E-state index contributed by atoms with van der Waals surface area (Å²) in [6, 6.07) is 14.0. The molecule has 4 nitrogen and oxygen atoms in total. The number of hydrogen-bond acceptors (Lipinski definition) is 4. The maximum atomic E-state index is 13.3. The predicted octanol–water partition coefficient (Wildman–Crippen LogP) is 3.92. The number of carbonyl (C=O) groups excluding carboxylic acids is 1. The smallest absolute Gasteiger partial charge is 0.182 e. The van der Waals surface area contributed by atoms with Crippen molar-refractivity contribution in [2.45, 2.75) is 19.4 Å². The first-order valence-electron chi connectivity index (χ1n) is 8.65. The summed E-state index contributed by atoms with van der Waals surface area (Å²) in [6.45, 7) is 1.95. The highest BCUT2D eigenvalue weighted by molar-refractivity contribution is 7.16. The Morgan fingerprint density at radius 1 is 1.19 bits per heavy atom. The Morgan fingerprint density at radius 3 is 2.73 bits per heavy atom. The van der Waals surface area contributed by atoms with Gasteiger partial charge in [-0.25, -0.2) is 4.39 Å². The highest BCUT2D eigenvalue weighted by atomic mass is 32.1. The van der Waals surface area contributed by atoms with E-state index in [1.807, 2.05) is 46.8 Å². The fourth-order valence-electron chi connectivity index (χ4n) is 2.97. The lowest BCUT2D eigenvalue weighted by atomic mass is 10.1. The van der Waals surface area contributed by atoms with Crippen LogP contribution in [0.2, 0.25) is 0 Å².